The third-order valence-corrected chi connectivity index (χ3v) is 6.95. The summed E-state index contributed by atoms with van der Waals surface area (Å²) >= 11 is 0. The first-order valence-electron chi connectivity index (χ1n) is 13.5. The molecule has 0 unspecified atom stereocenters. The molecule has 13 heteroatoms. The SMILES string of the molecule is O=C(OC[C@H]1O[C@@H](n2c(=O)[nH]c3nc[nH]c3c2=O)[C@H](OC(=O)c2ccccc2)[C@@H]1OC(=O)c1ccccc1)c1ccccc1. The van der Waals surface area contributed by atoms with Crippen LogP contribution in [0.4, 0.5) is 0 Å². The van der Waals surface area contributed by atoms with Crippen LogP contribution in [0.1, 0.15) is 37.3 Å². The molecule has 1 saturated heterocycles. The van der Waals surface area contributed by atoms with Crippen LogP contribution in [0.25, 0.3) is 11.2 Å². The van der Waals surface area contributed by atoms with Crippen molar-refractivity contribution in [1.29, 1.82) is 0 Å². The number of hydrogen-bond acceptors (Lipinski definition) is 10. The molecule has 0 spiro atoms. The Kier molecular flexibility index (Phi) is 7.84. The van der Waals surface area contributed by atoms with E-state index in [2.05, 4.69) is 15.0 Å². The molecule has 0 bridgehead atoms. The van der Waals surface area contributed by atoms with Gasteiger partial charge in [-0.1, -0.05) is 54.6 Å². The number of nitrogens with one attached hydrogen (secondary N) is 2. The minimum Gasteiger partial charge on any atom is -0.459 e. The lowest BCUT2D eigenvalue weighted by molar-refractivity contribution is -0.0650. The van der Waals surface area contributed by atoms with Crippen molar-refractivity contribution in [2.75, 3.05) is 6.61 Å². The second-order valence-corrected chi connectivity index (χ2v) is 9.73. The number of aromatic amines is 2. The molecule has 13 nitrogen and oxygen atoms in total. The number of benzene rings is 3. The Labute approximate surface area is 248 Å². The first kappa shape index (κ1) is 28.3. The van der Waals surface area contributed by atoms with E-state index < -0.39 is 60.3 Å². The topological polar surface area (TPSA) is 172 Å². The summed E-state index contributed by atoms with van der Waals surface area (Å²) in [4.78, 5) is 75.0. The van der Waals surface area contributed by atoms with Crippen molar-refractivity contribution in [2.45, 2.75) is 24.5 Å². The number of nitrogens with zero attached hydrogens (tertiary/aromatic N) is 2. The summed E-state index contributed by atoms with van der Waals surface area (Å²) in [6.45, 7) is -0.477. The van der Waals surface area contributed by atoms with E-state index in [0.717, 1.165) is 0 Å². The zero-order chi connectivity index (χ0) is 30.6. The van der Waals surface area contributed by atoms with E-state index in [-0.39, 0.29) is 27.9 Å². The predicted molar refractivity (Wildman–Crippen MR) is 153 cm³/mol. The molecule has 3 aromatic carbocycles. The number of H-pyrrole nitrogens is 2. The van der Waals surface area contributed by atoms with E-state index in [9.17, 15) is 24.0 Å². The van der Waals surface area contributed by atoms with Crippen molar-refractivity contribution in [3.8, 4) is 0 Å². The largest absolute Gasteiger partial charge is 0.459 e. The maximum absolute atomic E-state index is 13.5. The Bertz CT molecular complexity index is 1920. The summed E-state index contributed by atoms with van der Waals surface area (Å²) < 4.78 is 23.9. The fourth-order valence-electron chi connectivity index (χ4n) is 4.82. The Morgan fingerprint density at radius 1 is 0.750 bits per heavy atom. The minimum atomic E-state index is -1.60. The second-order valence-electron chi connectivity index (χ2n) is 9.73. The molecule has 1 aliphatic rings. The van der Waals surface area contributed by atoms with Crippen molar-refractivity contribution < 1.29 is 33.3 Å². The Morgan fingerprint density at radius 3 is 1.84 bits per heavy atom. The number of ether oxygens (including phenoxy) is 4. The van der Waals surface area contributed by atoms with Crippen molar-refractivity contribution in [3.63, 3.8) is 0 Å². The molecule has 222 valence electrons. The molecule has 0 saturated carbocycles. The molecule has 2 N–H and O–H groups in total. The summed E-state index contributed by atoms with van der Waals surface area (Å²) in [7, 11) is 0. The highest BCUT2D eigenvalue weighted by Crippen LogP contribution is 2.34. The summed E-state index contributed by atoms with van der Waals surface area (Å²) in [5.74, 6) is -2.33. The third-order valence-electron chi connectivity index (χ3n) is 6.95. The van der Waals surface area contributed by atoms with Crippen LogP contribution >= 0.6 is 0 Å². The van der Waals surface area contributed by atoms with Gasteiger partial charge >= 0.3 is 23.6 Å². The predicted octanol–water partition coefficient (Wildman–Crippen LogP) is 2.62. The molecule has 0 radical (unpaired) electrons. The van der Waals surface area contributed by atoms with Crippen LogP contribution in [0.15, 0.2) is 107 Å². The van der Waals surface area contributed by atoms with E-state index in [0.29, 0.717) is 4.57 Å². The van der Waals surface area contributed by atoms with Gasteiger partial charge in [0.1, 0.15) is 18.2 Å². The zero-order valence-corrected chi connectivity index (χ0v) is 22.8. The summed E-state index contributed by atoms with van der Waals surface area (Å²) in [5, 5.41) is 0. The minimum absolute atomic E-state index is 0.00692. The van der Waals surface area contributed by atoms with Gasteiger partial charge < -0.3 is 23.9 Å². The summed E-state index contributed by atoms with van der Waals surface area (Å²) in [6, 6.07) is 24.1. The number of aromatic nitrogens is 4. The van der Waals surface area contributed by atoms with Crippen LogP contribution in [0, 0.1) is 0 Å². The van der Waals surface area contributed by atoms with E-state index in [1.807, 2.05) is 0 Å². The molecule has 1 aliphatic heterocycles. The van der Waals surface area contributed by atoms with E-state index >= 15 is 0 Å². The lowest BCUT2D eigenvalue weighted by atomic mass is 10.1. The lowest BCUT2D eigenvalue weighted by Crippen LogP contribution is -2.45. The average molecular weight is 597 g/mol. The smallest absolute Gasteiger partial charge is 0.338 e. The molecule has 0 aliphatic carbocycles. The average Bonchev–Trinajstić information content (AvgIpc) is 3.66. The van der Waals surface area contributed by atoms with E-state index in [4.69, 9.17) is 18.9 Å². The third kappa shape index (κ3) is 5.63. The fraction of sp³-hybridized carbons (Fsp3) is 0.161. The monoisotopic (exact) mass is 596 g/mol. The lowest BCUT2D eigenvalue weighted by Gasteiger charge is -2.24. The van der Waals surface area contributed by atoms with Gasteiger partial charge in [0.15, 0.2) is 24.1 Å². The number of hydrogen-bond donors (Lipinski definition) is 2. The normalized spacial score (nSPS) is 19.4. The molecule has 2 aromatic heterocycles. The molecule has 4 atom stereocenters. The Hall–Kier alpha value is -5.82. The van der Waals surface area contributed by atoms with Gasteiger partial charge in [-0.3, -0.25) is 9.78 Å². The standard InChI is InChI=1S/C31H24N4O9/c36-26-22-25(33-17-32-22)34-31(40)35(26)27-24(44-30(39)20-14-8-3-9-15-20)23(43-29(38)19-12-6-2-7-13-19)21(42-27)16-41-28(37)18-10-4-1-5-11-18/h1-15,17,21,23-24,27H,16H2,(H,32,33)(H,34,40)/t21-,23-,24-,27-/m1/s1. The number of fused-ring (bicyclic) bond motifs is 1. The Morgan fingerprint density at radius 2 is 1.27 bits per heavy atom. The van der Waals surface area contributed by atoms with Gasteiger partial charge in [0.05, 0.1) is 23.0 Å². The molecular formula is C31H24N4O9. The molecule has 5 aromatic rings. The highest BCUT2D eigenvalue weighted by atomic mass is 16.7. The quantitative estimate of drug-likeness (QED) is 0.200. The van der Waals surface area contributed by atoms with Gasteiger partial charge in [0.25, 0.3) is 5.56 Å². The van der Waals surface area contributed by atoms with Gasteiger partial charge in [0.2, 0.25) is 0 Å². The van der Waals surface area contributed by atoms with E-state index in [1.165, 1.54) is 30.6 Å². The molecule has 44 heavy (non-hydrogen) atoms. The molecule has 3 heterocycles. The van der Waals surface area contributed by atoms with Crippen LogP contribution in [-0.2, 0) is 18.9 Å². The number of rotatable bonds is 8. The van der Waals surface area contributed by atoms with Crippen LogP contribution in [0.3, 0.4) is 0 Å². The number of carbonyl (C=O) groups excluding carboxylic acids is 3. The second kappa shape index (κ2) is 12.2. The fourth-order valence-corrected chi connectivity index (χ4v) is 4.82. The summed E-state index contributed by atoms with van der Waals surface area (Å²) in [5.41, 5.74) is -1.20. The van der Waals surface area contributed by atoms with Crippen molar-refractivity contribution in [2.24, 2.45) is 0 Å². The maximum atomic E-state index is 13.5. The van der Waals surface area contributed by atoms with Gasteiger partial charge in [-0.2, -0.15) is 0 Å². The number of imidazole rings is 1. The van der Waals surface area contributed by atoms with Gasteiger partial charge in [-0.25, -0.2) is 28.7 Å². The van der Waals surface area contributed by atoms with Crippen LogP contribution in [0.5, 0.6) is 0 Å². The highest BCUT2D eigenvalue weighted by molar-refractivity contribution is 5.91. The molecule has 1 fully saturated rings. The van der Waals surface area contributed by atoms with Crippen molar-refractivity contribution in [1.82, 2.24) is 19.5 Å². The van der Waals surface area contributed by atoms with Gasteiger partial charge in [-0.15, -0.1) is 0 Å². The van der Waals surface area contributed by atoms with Gasteiger partial charge in [-0.05, 0) is 36.4 Å². The molecular weight excluding hydrogens is 572 g/mol. The number of carbonyl (C=O) groups is 3. The van der Waals surface area contributed by atoms with Crippen LogP contribution < -0.4 is 11.2 Å². The molecule has 0 amide bonds. The van der Waals surface area contributed by atoms with Crippen molar-refractivity contribution in [3.05, 3.63) is 135 Å². The zero-order valence-electron chi connectivity index (χ0n) is 22.8. The first-order valence-corrected chi connectivity index (χ1v) is 13.5. The van der Waals surface area contributed by atoms with Gasteiger partial charge in [0, 0.05) is 0 Å². The Balaban J connectivity index is 1.40. The first-order chi connectivity index (χ1) is 21.4. The molecule has 6 rings (SSSR count). The maximum Gasteiger partial charge on any atom is 0.338 e. The van der Waals surface area contributed by atoms with Crippen molar-refractivity contribution >= 4 is 29.1 Å². The highest BCUT2D eigenvalue weighted by Gasteiger charge is 2.52. The van der Waals surface area contributed by atoms with Crippen LogP contribution in [0.2, 0.25) is 0 Å². The van der Waals surface area contributed by atoms with Crippen LogP contribution in [-0.4, -0.2) is 62.3 Å². The van der Waals surface area contributed by atoms with E-state index in [1.54, 1.807) is 66.7 Å². The number of esters is 3. The summed E-state index contributed by atoms with van der Waals surface area (Å²) in [6.07, 6.45) is -4.59.